The van der Waals surface area contributed by atoms with Crippen molar-refractivity contribution >= 4 is 12.1 Å². The Morgan fingerprint density at radius 3 is 2.52 bits per heavy atom. The van der Waals surface area contributed by atoms with Gasteiger partial charge >= 0.3 is 12.1 Å². The lowest BCUT2D eigenvalue weighted by Gasteiger charge is -2.33. The van der Waals surface area contributed by atoms with Crippen LogP contribution in [-0.2, 0) is 14.3 Å². The highest BCUT2D eigenvalue weighted by Crippen LogP contribution is 2.52. The monoisotopic (exact) mass is 428 g/mol. The summed E-state index contributed by atoms with van der Waals surface area (Å²) in [7, 11) is 1.47. The second kappa shape index (κ2) is 8.45. The Kier molecular flexibility index (Phi) is 6.03. The molecule has 1 aliphatic heterocycles. The summed E-state index contributed by atoms with van der Waals surface area (Å²) in [4.78, 5) is 29.6. The van der Waals surface area contributed by atoms with E-state index in [1.807, 2.05) is 31.7 Å². The molecule has 0 bridgehead atoms. The molecule has 0 radical (unpaired) electrons. The van der Waals surface area contributed by atoms with Gasteiger partial charge < -0.3 is 14.4 Å². The number of amides is 1. The first-order valence-electron chi connectivity index (χ1n) is 11.6. The van der Waals surface area contributed by atoms with Crippen LogP contribution in [0.3, 0.4) is 0 Å². The van der Waals surface area contributed by atoms with Gasteiger partial charge in [0.25, 0.3) is 0 Å². The number of esters is 1. The highest BCUT2D eigenvalue weighted by Gasteiger charge is 2.53. The fourth-order valence-corrected chi connectivity index (χ4v) is 4.98. The second-order valence-corrected chi connectivity index (χ2v) is 10.6. The molecule has 1 saturated heterocycles. The largest absolute Gasteiger partial charge is 0.468 e. The van der Waals surface area contributed by atoms with Gasteiger partial charge in [0.2, 0.25) is 0 Å². The van der Waals surface area contributed by atoms with Crippen molar-refractivity contribution in [3.05, 3.63) is 35.9 Å². The predicted molar refractivity (Wildman–Crippen MR) is 119 cm³/mol. The molecule has 4 rings (SSSR count). The molecule has 2 aliphatic carbocycles. The van der Waals surface area contributed by atoms with Gasteiger partial charge in [0.05, 0.1) is 7.11 Å². The average Bonchev–Trinajstić information content (AvgIpc) is 3.62. The third kappa shape index (κ3) is 5.22. The van der Waals surface area contributed by atoms with Gasteiger partial charge in [-0.05, 0) is 65.0 Å². The fraction of sp³-hybridized carbons (Fsp3) is 0.680. The minimum Gasteiger partial charge on any atom is -0.468 e. The fourth-order valence-electron chi connectivity index (χ4n) is 4.98. The van der Waals surface area contributed by atoms with Gasteiger partial charge in [-0.3, -0.25) is 9.69 Å². The third-order valence-electron chi connectivity index (χ3n) is 6.85. The van der Waals surface area contributed by atoms with Crippen LogP contribution in [0.4, 0.5) is 4.79 Å². The second-order valence-electron chi connectivity index (χ2n) is 10.6. The molecular formula is C25H36N2O4. The molecule has 170 valence electrons. The lowest BCUT2D eigenvalue weighted by molar-refractivity contribution is -0.146. The van der Waals surface area contributed by atoms with E-state index in [0.29, 0.717) is 12.5 Å². The molecule has 6 nitrogen and oxygen atoms in total. The zero-order valence-corrected chi connectivity index (χ0v) is 19.3. The summed E-state index contributed by atoms with van der Waals surface area (Å²) in [5, 5.41) is 0. The summed E-state index contributed by atoms with van der Waals surface area (Å²) in [5.41, 5.74) is 0.821. The summed E-state index contributed by atoms with van der Waals surface area (Å²) >= 11 is 0. The molecule has 1 heterocycles. The van der Waals surface area contributed by atoms with Crippen LogP contribution in [0.1, 0.15) is 64.4 Å². The van der Waals surface area contributed by atoms with Crippen LogP contribution in [-0.4, -0.2) is 66.3 Å². The van der Waals surface area contributed by atoms with Crippen LogP contribution < -0.4 is 0 Å². The SMILES string of the molecule is COC(=O)[C@@H]1CCCN1CC1(CN(C(=O)OC(C)(C)C)[C@H]2C[C@@H]2c2ccccc2)CC1. The molecule has 6 heteroatoms. The molecule has 2 saturated carbocycles. The summed E-state index contributed by atoms with van der Waals surface area (Å²) in [5.74, 6) is 0.239. The van der Waals surface area contributed by atoms with E-state index in [2.05, 4.69) is 29.2 Å². The van der Waals surface area contributed by atoms with Crippen molar-refractivity contribution in [2.75, 3.05) is 26.7 Å². The van der Waals surface area contributed by atoms with E-state index < -0.39 is 5.60 Å². The molecule has 3 fully saturated rings. The van der Waals surface area contributed by atoms with Crippen LogP contribution >= 0.6 is 0 Å². The summed E-state index contributed by atoms with van der Waals surface area (Å²) in [6.07, 6.45) is 4.81. The number of carbonyl (C=O) groups excluding carboxylic acids is 2. The van der Waals surface area contributed by atoms with E-state index in [4.69, 9.17) is 9.47 Å². The summed E-state index contributed by atoms with van der Waals surface area (Å²) in [6.45, 7) is 8.22. The Balaban J connectivity index is 1.47. The first-order chi connectivity index (χ1) is 14.7. The number of carbonyl (C=O) groups is 2. The maximum absolute atomic E-state index is 13.2. The number of likely N-dealkylation sites (tertiary alicyclic amines) is 1. The van der Waals surface area contributed by atoms with E-state index in [1.165, 1.54) is 12.7 Å². The highest BCUT2D eigenvalue weighted by molar-refractivity contribution is 5.76. The van der Waals surface area contributed by atoms with Crippen molar-refractivity contribution in [3.63, 3.8) is 0 Å². The number of ether oxygens (including phenoxy) is 2. The number of hydrogen-bond donors (Lipinski definition) is 0. The topological polar surface area (TPSA) is 59.1 Å². The minimum absolute atomic E-state index is 0.0529. The molecule has 0 spiro atoms. The Bertz CT molecular complexity index is 799. The van der Waals surface area contributed by atoms with E-state index in [-0.39, 0.29) is 29.6 Å². The summed E-state index contributed by atoms with van der Waals surface area (Å²) < 4.78 is 10.8. The third-order valence-corrected chi connectivity index (χ3v) is 6.85. The molecule has 0 aromatic heterocycles. The Labute approximate surface area is 185 Å². The van der Waals surface area contributed by atoms with Crippen LogP contribution in [0.25, 0.3) is 0 Å². The Morgan fingerprint density at radius 2 is 1.90 bits per heavy atom. The smallest absolute Gasteiger partial charge is 0.410 e. The lowest BCUT2D eigenvalue weighted by Crippen LogP contribution is -2.46. The molecule has 3 atom stereocenters. The number of hydrogen-bond acceptors (Lipinski definition) is 5. The lowest BCUT2D eigenvalue weighted by atomic mass is 10.0. The number of methoxy groups -OCH3 is 1. The zero-order chi connectivity index (χ0) is 22.2. The quantitative estimate of drug-likeness (QED) is 0.609. The molecule has 31 heavy (non-hydrogen) atoms. The minimum atomic E-state index is -0.520. The van der Waals surface area contributed by atoms with Crippen molar-refractivity contribution < 1.29 is 19.1 Å². The molecule has 0 unspecified atom stereocenters. The molecular weight excluding hydrogens is 392 g/mol. The normalized spacial score (nSPS) is 26.9. The van der Waals surface area contributed by atoms with Crippen molar-refractivity contribution in [1.29, 1.82) is 0 Å². The van der Waals surface area contributed by atoms with Gasteiger partial charge in [0.1, 0.15) is 11.6 Å². The van der Waals surface area contributed by atoms with Crippen LogP contribution in [0.2, 0.25) is 0 Å². The maximum atomic E-state index is 13.2. The van der Waals surface area contributed by atoms with E-state index in [0.717, 1.165) is 45.2 Å². The Morgan fingerprint density at radius 1 is 1.19 bits per heavy atom. The van der Waals surface area contributed by atoms with E-state index in [9.17, 15) is 9.59 Å². The van der Waals surface area contributed by atoms with Crippen molar-refractivity contribution in [3.8, 4) is 0 Å². The summed E-state index contributed by atoms with van der Waals surface area (Å²) in [6, 6.07) is 10.5. The zero-order valence-electron chi connectivity index (χ0n) is 19.3. The molecule has 3 aliphatic rings. The van der Waals surface area contributed by atoms with Crippen molar-refractivity contribution in [2.45, 2.75) is 76.5 Å². The highest BCUT2D eigenvalue weighted by atomic mass is 16.6. The van der Waals surface area contributed by atoms with Gasteiger partial charge in [-0.1, -0.05) is 30.3 Å². The van der Waals surface area contributed by atoms with Gasteiger partial charge in [0.15, 0.2) is 0 Å². The standard InChI is InChI=1S/C25H36N2O4/c1-24(2,3)31-23(29)27(21-15-19(21)18-9-6-5-7-10-18)17-25(12-13-25)16-26-14-8-11-20(26)22(28)30-4/h5-7,9-10,19-21H,8,11-17H2,1-4H3/t19-,20+,21+/m1/s1. The molecule has 1 amide bonds. The molecule has 1 aromatic carbocycles. The van der Waals surface area contributed by atoms with Crippen LogP contribution in [0.5, 0.6) is 0 Å². The predicted octanol–water partition coefficient (Wildman–Crippen LogP) is 4.20. The van der Waals surface area contributed by atoms with E-state index in [1.54, 1.807) is 0 Å². The Hall–Kier alpha value is -2.08. The first-order valence-corrected chi connectivity index (χ1v) is 11.6. The average molecular weight is 429 g/mol. The van der Waals surface area contributed by atoms with Crippen molar-refractivity contribution in [1.82, 2.24) is 9.80 Å². The van der Waals surface area contributed by atoms with Crippen LogP contribution in [0, 0.1) is 5.41 Å². The van der Waals surface area contributed by atoms with Gasteiger partial charge in [-0.15, -0.1) is 0 Å². The van der Waals surface area contributed by atoms with Gasteiger partial charge in [-0.2, -0.15) is 0 Å². The number of benzene rings is 1. The maximum Gasteiger partial charge on any atom is 0.410 e. The number of rotatable bonds is 7. The van der Waals surface area contributed by atoms with Crippen molar-refractivity contribution in [2.24, 2.45) is 5.41 Å². The molecule has 1 aromatic rings. The molecule has 0 N–H and O–H groups in total. The number of nitrogens with zero attached hydrogens (tertiary/aromatic N) is 2. The van der Waals surface area contributed by atoms with Crippen LogP contribution in [0.15, 0.2) is 30.3 Å². The first kappa shape index (κ1) is 22.1. The van der Waals surface area contributed by atoms with E-state index >= 15 is 0 Å². The van der Waals surface area contributed by atoms with Gasteiger partial charge in [-0.25, -0.2) is 4.79 Å². The van der Waals surface area contributed by atoms with Gasteiger partial charge in [0, 0.05) is 30.5 Å².